The van der Waals surface area contributed by atoms with Gasteiger partial charge in [0.2, 0.25) is 0 Å². The van der Waals surface area contributed by atoms with E-state index in [1.807, 2.05) is 12.1 Å². The van der Waals surface area contributed by atoms with Crippen molar-refractivity contribution in [3.63, 3.8) is 0 Å². The number of carboxylic acids is 2. The fraction of sp³-hybridized carbons (Fsp3) is 0.300. The molecule has 1 aromatic heterocycles. The van der Waals surface area contributed by atoms with Crippen molar-refractivity contribution in [3.8, 4) is 5.75 Å². The Bertz CT molecular complexity index is 736. The first-order chi connectivity index (χ1) is 13.5. The van der Waals surface area contributed by atoms with E-state index >= 15 is 0 Å². The zero-order chi connectivity index (χ0) is 20.2. The molecule has 1 fully saturated rings. The van der Waals surface area contributed by atoms with Gasteiger partial charge in [0.1, 0.15) is 18.5 Å². The van der Waals surface area contributed by atoms with E-state index in [9.17, 15) is 9.59 Å². The first-order valence-electron chi connectivity index (χ1n) is 8.73. The van der Waals surface area contributed by atoms with Gasteiger partial charge in [-0.25, -0.2) is 9.59 Å². The summed E-state index contributed by atoms with van der Waals surface area (Å²) < 4.78 is 11.4. The first-order valence-corrected chi connectivity index (χ1v) is 9.61. The number of ether oxygens (including phenoxy) is 2. The lowest BCUT2D eigenvalue weighted by molar-refractivity contribution is -0.134. The van der Waals surface area contributed by atoms with Crippen LogP contribution in [0.25, 0.3) is 0 Å². The molecule has 1 saturated heterocycles. The summed E-state index contributed by atoms with van der Waals surface area (Å²) in [4.78, 5) is 20.5. The number of morpholine rings is 1. The summed E-state index contributed by atoms with van der Waals surface area (Å²) in [7, 11) is 0. The van der Waals surface area contributed by atoms with Crippen LogP contribution in [0.4, 0.5) is 0 Å². The molecule has 2 heterocycles. The molecule has 8 heteroatoms. The maximum atomic E-state index is 9.55. The molecule has 7 nitrogen and oxygen atoms in total. The largest absolute Gasteiger partial charge is 0.491 e. The van der Waals surface area contributed by atoms with Crippen LogP contribution in [0, 0.1) is 0 Å². The number of hydrogen-bond donors (Lipinski definition) is 3. The Balaban J connectivity index is 0.000000300. The highest BCUT2D eigenvalue weighted by Gasteiger charge is 2.13. The molecule has 1 aliphatic rings. The molecule has 28 heavy (non-hydrogen) atoms. The summed E-state index contributed by atoms with van der Waals surface area (Å²) in [5.74, 6) is -1.60. The van der Waals surface area contributed by atoms with Gasteiger partial charge >= 0.3 is 11.9 Å². The van der Waals surface area contributed by atoms with Gasteiger partial charge in [-0.05, 0) is 29.1 Å². The second-order valence-corrected chi connectivity index (χ2v) is 6.95. The Labute approximate surface area is 167 Å². The Hall–Kier alpha value is -2.68. The van der Waals surface area contributed by atoms with Crippen LogP contribution in [0.1, 0.15) is 10.4 Å². The van der Waals surface area contributed by atoms with Gasteiger partial charge in [0.25, 0.3) is 0 Å². The summed E-state index contributed by atoms with van der Waals surface area (Å²) in [6.45, 7) is 3.19. The Morgan fingerprint density at radius 3 is 2.43 bits per heavy atom. The minimum Gasteiger partial charge on any atom is -0.491 e. The summed E-state index contributed by atoms with van der Waals surface area (Å²) in [6.07, 6.45) is 2.27. The Morgan fingerprint density at radius 2 is 1.89 bits per heavy atom. The maximum absolute atomic E-state index is 9.55. The number of rotatable bonds is 7. The summed E-state index contributed by atoms with van der Waals surface area (Å²) >= 11 is 1.80. The van der Waals surface area contributed by atoms with Crippen molar-refractivity contribution in [1.29, 1.82) is 0 Å². The van der Waals surface area contributed by atoms with Gasteiger partial charge in [-0.1, -0.05) is 18.2 Å². The van der Waals surface area contributed by atoms with Crippen LogP contribution >= 0.6 is 11.3 Å². The third-order valence-corrected chi connectivity index (χ3v) is 4.57. The normalized spacial score (nSPS) is 16.2. The zero-order valence-electron chi connectivity index (χ0n) is 15.2. The van der Waals surface area contributed by atoms with Crippen LogP contribution < -0.4 is 10.1 Å². The number of carboxylic acid groups (broad SMARTS) is 2. The van der Waals surface area contributed by atoms with Crippen molar-refractivity contribution in [2.45, 2.75) is 12.5 Å². The van der Waals surface area contributed by atoms with Crippen LogP contribution in [0.5, 0.6) is 5.75 Å². The van der Waals surface area contributed by atoms with E-state index in [-0.39, 0.29) is 6.10 Å². The first kappa shape index (κ1) is 21.6. The van der Waals surface area contributed by atoms with E-state index in [0.717, 1.165) is 31.9 Å². The number of hydrogen-bond acceptors (Lipinski definition) is 6. The molecule has 0 radical (unpaired) electrons. The fourth-order valence-electron chi connectivity index (χ4n) is 2.38. The third-order valence-electron chi connectivity index (χ3n) is 3.69. The topological polar surface area (TPSA) is 105 Å². The Morgan fingerprint density at radius 1 is 1.18 bits per heavy atom. The second-order valence-electron chi connectivity index (χ2n) is 5.92. The molecule has 1 aromatic carbocycles. The molecule has 0 saturated carbocycles. The van der Waals surface area contributed by atoms with Crippen molar-refractivity contribution in [3.05, 3.63) is 64.4 Å². The highest BCUT2D eigenvalue weighted by Crippen LogP contribution is 2.18. The highest BCUT2D eigenvalue weighted by atomic mass is 32.1. The van der Waals surface area contributed by atoms with Gasteiger partial charge in [0.15, 0.2) is 0 Å². The van der Waals surface area contributed by atoms with Crippen LogP contribution in [0.15, 0.2) is 53.9 Å². The summed E-state index contributed by atoms with van der Waals surface area (Å²) in [6, 6.07) is 12.6. The molecule has 0 bridgehead atoms. The lowest BCUT2D eigenvalue weighted by Gasteiger charge is -2.23. The average Bonchev–Trinajstić information content (AvgIpc) is 3.20. The number of thiophene rings is 1. The SMILES string of the molecule is O=C(O)/C=C/C(=O)O.c1csc(Cc2ccc(OCC3CNCCO3)cc2)c1. The van der Waals surface area contributed by atoms with E-state index in [1.54, 1.807) is 11.3 Å². The molecule has 0 amide bonds. The standard InChI is InChI=1S/C16H19NO2S.C4H4O4/c1-2-16(20-9-1)10-13-3-5-14(6-4-13)19-12-15-11-17-7-8-18-15;5-3(6)1-2-4(7)8/h1-6,9,15,17H,7-8,10-12H2;1-2H,(H,5,6)(H,7,8)/b;2-1+. The van der Waals surface area contributed by atoms with Crippen molar-refractivity contribution in [2.24, 2.45) is 0 Å². The van der Waals surface area contributed by atoms with Gasteiger partial charge in [0.05, 0.1) is 6.61 Å². The lowest BCUT2D eigenvalue weighted by Crippen LogP contribution is -2.41. The van der Waals surface area contributed by atoms with Crippen molar-refractivity contribution in [1.82, 2.24) is 5.32 Å². The molecule has 1 aliphatic heterocycles. The van der Waals surface area contributed by atoms with Gasteiger partial charge in [-0.3, -0.25) is 0 Å². The van der Waals surface area contributed by atoms with Crippen LogP contribution in [0.2, 0.25) is 0 Å². The van der Waals surface area contributed by atoms with Crippen molar-refractivity contribution < 1.29 is 29.3 Å². The van der Waals surface area contributed by atoms with E-state index in [1.165, 1.54) is 10.4 Å². The van der Waals surface area contributed by atoms with Crippen molar-refractivity contribution in [2.75, 3.05) is 26.3 Å². The second kappa shape index (κ2) is 11.9. The van der Waals surface area contributed by atoms with E-state index in [0.29, 0.717) is 18.8 Å². The zero-order valence-corrected chi connectivity index (χ0v) is 16.1. The predicted molar refractivity (Wildman–Crippen MR) is 106 cm³/mol. The summed E-state index contributed by atoms with van der Waals surface area (Å²) in [5, 5.41) is 21.0. The number of benzene rings is 1. The van der Waals surface area contributed by atoms with E-state index in [4.69, 9.17) is 19.7 Å². The van der Waals surface area contributed by atoms with Gasteiger partial charge in [-0.2, -0.15) is 0 Å². The van der Waals surface area contributed by atoms with Gasteiger partial charge < -0.3 is 25.0 Å². The number of nitrogens with one attached hydrogen (secondary N) is 1. The molecule has 1 atom stereocenters. The van der Waals surface area contributed by atoms with Gasteiger partial charge in [0, 0.05) is 36.5 Å². The lowest BCUT2D eigenvalue weighted by atomic mass is 10.1. The molecule has 0 spiro atoms. The molecule has 3 N–H and O–H groups in total. The van der Waals surface area contributed by atoms with Crippen LogP contribution in [-0.4, -0.2) is 54.6 Å². The molecule has 2 aromatic rings. The number of aliphatic carboxylic acids is 2. The van der Waals surface area contributed by atoms with E-state index < -0.39 is 11.9 Å². The van der Waals surface area contributed by atoms with Crippen LogP contribution in [0.3, 0.4) is 0 Å². The molecular weight excluding hydrogens is 382 g/mol. The minimum absolute atomic E-state index is 0.162. The Kier molecular flexibility index (Phi) is 9.20. The fourth-order valence-corrected chi connectivity index (χ4v) is 3.12. The van der Waals surface area contributed by atoms with Gasteiger partial charge in [-0.15, -0.1) is 11.3 Å². The molecular formula is C20H23NO6S. The van der Waals surface area contributed by atoms with Crippen LogP contribution in [-0.2, 0) is 20.7 Å². The quantitative estimate of drug-likeness (QED) is 0.608. The molecule has 3 rings (SSSR count). The predicted octanol–water partition coefficient (Wildman–Crippen LogP) is 2.42. The highest BCUT2D eigenvalue weighted by molar-refractivity contribution is 7.09. The van der Waals surface area contributed by atoms with Crippen molar-refractivity contribution >= 4 is 23.3 Å². The average molecular weight is 405 g/mol. The summed E-state index contributed by atoms with van der Waals surface area (Å²) in [5.41, 5.74) is 1.32. The number of carbonyl (C=O) groups is 2. The third kappa shape index (κ3) is 8.81. The monoisotopic (exact) mass is 405 g/mol. The minimum atomic E-state index is -1.26. The maximum Gasteiger partial charge on any atom is 0.328 e. The smallest absolute Gasteiger partial charge is 0.328 e. The molecule has 0 aliphatic carbocycles. The molecule has 1 unspecified atom stereocenters. The molecule has 150 valence electrons. The van der Waals surface area contributed by atoms with E-state index in [2.05, 4.69) is 35.0 Å².